The second kappa shape index (κ2) is 11.9. The third-order valence-corrected chi connectivity index (χ3v) is 6.53. The molecule has 6 nitrogen and oxygen atoms in total. The molecule has 3 rings (SSSR count). The van der Waals surface area contributed by atoms with Gasteiger partial charge in [-0.3, -0.25) is 9.89 Å². The molecule has 30 heavy (non-hydrogen) atoms. The standard InChI is InChI=1S/C23H34N4O2S/c1-24-23(25-12-14-29-17-19-8-4-5-10-20(19)28-3)26-16-18-9-6-13-27(2)22(18)21-11-7-15-30-21/h4-5,7-8,10-11,15,18,22H,6,9,12-14,16-17H2,1-3H3,(H2,24,25,26). The van der Waals surface area contributed by atoms with E-state index in [4.69, 9.17) is 9.47 Å². The normalized spacial score (nSPS) is 20.2. The highest BCUT2D eigenvalue weighted by Crippen LogP contribution is 2.36. The summed E-state index contributed by atoms with van der Waals surface area (Å²) in [7, 11) is 5.74. The third kappa shape index (κ3) is 6.20. The van der Waals surface area contributed by atoms with Gasteiger partial charge in [-0.15, -0.1) is 11.3 Å². The Labute approximate surface area is 184 Å². The minimum atomic E-state index is 0.480. The van der Waals surface area contributed by atoms with Crippen molar-refractivity contribution in [2.24, 2.45) is 10.9 Å². The maximum Gasteiger partial charge on any atom is 0.191 e. The van der Waals surface area contributed by atoms with Crippen molar-refractivity contribution in [1.82, 2.24) is 15.5 Å². The van der Waals surface area contributed by atoms with E-state index in [9.17, 15) is 0 Å². The molecule has 0 spiro atoms. The Kier molecular flexibility index (Phi) is 8.99. The van der Waals surface area contributed by atoms with Gasteiger partial charge in [-0.1, -0.05) is 24.3 Å². The Morgan fingerprint density at radius 1 is 1.23 bits per heavy atom. The molecule has 1 aliphatic rings. The van der Waals surface area contributed by atoms with Crippen molar-refractivity contribution in [2.45, 2.75) is 25.5 Å². The number of methoxy groups -OCH3 is 1. The van der Waals surface area contributed by atoms with Crippen LogP contribution in [0.25, 0.3) is 0 Å². The van der Waals surface area contributed by atoms with Crippen LogP contribution < -0.4 is 15.4 Å². The summed E-state index contributed by atoms with van der Waals surface area (Å²) in [4.78, 5) is 8.32. The minimum absolute atomic E-state index is 0.480. The number of nitrogens with zero attached hydrogens (tertiary/aromatic N) is 2. The molecular formula is C23H34N4O2S. The number of hydrogen-bond acceptors (Lipinski definition) is 5. The topological polar surface area (TPSA) is 58.1 Å². The number of aliphatic imine (C=N–C) groups is 1. The number of thiophene rings is 1. The number of ether oxygens (including phenoxy) is 2. The second-order valence-corrected chi connectivity index (χ2v) is 8.57. The first-order valence-electron chi connectivity index (χ1n) is 10.6. The van der Waals surface area contributed by atoms with Crippen LogP contribution in [0.1, 0.15) is 29.3 Å². The van der Waals surface area contributed by atoms with Crippen LogP contribution in [0.4, 0.5) is 0 Å². The molecule has 2 N–H and O–H groups in total. The Hall–Kier alpha value is -2.09. The fourth-order valence-electron chi connectivity index (χ4n) is 4.08. The van der Waals surface area contributed by atoms with Crippen LogP contribution >= 0.6 is 11.3 Å². The highest BCUT2D eigenvalue weighted by atomic mass is 32.1. The third-order valence-electron chi connectivity index (χ3n) is 5.59. The highest BCUT2D eigenvalue weighted by Gasteiger charge is 2.31. The number of piperidine rings is 1. The molecule has 0 saturated carbocycles. The summed E-state index contributed by atoms with van der Waals surface area (Å²) in [5.41, 5.74) is 1.06. The molecule has 2 unspecified atom stereocenters. The van der Waals surface area contributed by atoms with Crippen molar-refractivity contribution in [2.75, 3.05) is 47.4 Å². The first-order valence-corrected chi connectivity index (χ1v) is 11.5. The van der Waals surface area contributed by atoms with Crippen LogP contribution in [-0.4, -0.2) is 58.3 Å². The average molecular weight is 431 g/mol. The van der Waals surface area contributed by atoms with E-state index in [2.05, 4.69) is 45.1 Å². The van der Waals surface area contributed by atoms with Crippen molar-refractivity contribution < 1.29 is 9.47 Å². The molecule has 0 radical (unpaired) electrons. The fourth-order valence-corrected chi connectivity index (χ4v) is 5.06. The summed E-state index contributed by atoms with van der Waals surface area (Å²) in [6.07, 6.45) is 2.48. The Balaban J connectivity index is 1.41. The SMILES string of the molecule is CN=C(NCCOCc1ccccc1OC)NCC1CCCN(C)C1c1cccs1. The zero-order valence-electron chi connectivity index (χ0n) is 18.3. The predicted octanol–water partition coefficient (Wildman–Crippen LogP) is 3.52. The monoisotopic (exact) mass is 430 g/mol. The van der Waals surface area contributed by atoms with Crippen molar-refractivity contribution in [3.63, 3.8) is 0 Å². The smallest absolute Gasteiger partial charge is 0.191 e. The maximum atomic E-state index is 5.80. The number of benzene rings is 1. The Bertz CT molecular complexity index is 781. The number of rotatable bonds is 9. The van der Waals surface area contributed by atoms with Crippen molar-refractivity contribution in [1.29, 1.82) is 0 Å². The lowest BCUT2D eigenvalue weighted by Crippen LogP contribution is -2.45. The molecule has 1 aliphatic heterocycles. The van der Waals surface area contributed by atoms with Crippen molar-refractivity contribution in [3.8, 4) is 5.75 Å². The minimum Gasteiger partial charge on any atom is -0.496 e. The Morgan fingerprint density at radius 2 is 2.10 bits per heavy atom. The van der Waals surface area contributed by atoms with Gasteiger partial charge in [0.15, 0.2) is 5.96 Å². The van der Waals surface area contributed by atoms with E-state index in [0.29, 0.717) is 31.7 Å². The zero-order chi connectivity index (χ0) is 21.2. The molecule has 2 aromatic rings. The first kappa shape index (κ1) is 22.6. The van der Waals surface area contributed by atoms with Gasteiger partial charge in [0.2, 0.25) is 0 Å². The first-order chi connectivity index (χ1) is 14.7. The van der Waals surface area contributed by atoms with Gasteiger partial charge < -0.3 is 20.1 Å². The summed E-state index contributed by atoms with van der Waals surface area (Å²) >= 11 is 1.86. The van der Waals surface area contributed by atoms with Gasteiger partial charge in [0.05, 0.1) is 20.3 Å². The van der Waals surface area contributed by atoms with E-state index in [1.807, 2.05) is 42.6 Å². The van der Waals surface area contributed by atoms with Gasteiger partial charge >= 0.3 is 0 Å². The van der Waals surface area contributed by atoms with E-state index in [0.717, 1.165) is 30.4 Å². The maximum absolute atomic E-state index is 5.80. The van der Waals surface area contributed by atoms with E-state index in [1.54, 1.807) is 7.11 Å². The van der Waals surface area contributed by atoms with E-state index < -0.39 is 0 Å². The molecule has 1 aromatic carbocycles. The summed E-state index contributed by atoms with van der Waals surface area (Å²) in [5.74, 6) is 2.26. The number of hydrogen-bond donors (Lipinski definition) is 2. The van der Waals surface area contributed by atoms with Crippen LogP contribution in [0.2, 0.25) is 0 Å². The summed E-state index contributed by atoms with van der Waals surface area (Å²) in [6, 6.07) is 12.8. The molecule has 1 aromatic heterocycles. The molecule has 0 amide bonds. The van der Waals surface area contributed by atoms with Crippen molar-refractivity contribution in [3.05, 3.63) is 52.2 Å². The quantitative estimate of drug-likeness (QED) is 0.362. The number of nitrogens with one attached hydrogen (secondary N) is 2. The van der Waals surface area contributed by atoms with Gasteiger partial charge in [-0.2, -0.15) is 0 Å². The van der Waals surface area contributed by atoms with Crippen LogP contribution in [0.5, 0.6) is 5.75 Å². The fraction of sp³-hybridized carbons (Fsp3) is 0.522. The van der Waals surface area contributed by atoms with E-state index in [1.165, 1.54) is 17.7 Å². The molecule has 0 aliphatic carbocycles. The van der Waals surface area contributed by atoms with Gasteiger partial charge in [0, 0.05) is 36.6 Å². The van der Waals surface area contributed by atoms with Gasteiger partial charge in [0.1, 0.15) is 5.75 Å². The largest absolute Gasteiger partial charge is 0.496 e. The Morgan fingerprint density at radius 3 is 2.87 bits per heavy atom. The lowest BCUT2D eigenvalue weighted by Gasteiger charge is -2.39. The average Bonchev–Trinajstić information content (AvgIpc) is 3.30. The number of para-hydroxylation sites is 1. The van der Waals surface area contributed by atoms with Crippen LogP contribution in [-0.2, 0) is 11.3 Å². The lowest BCUT2D eigenvalue weighted by atomic mass is 9.88. The molecule has 0 bridgehead atoms. The van der Waals surface area contributed by atoms with E-state index in [-0.39, 0.29) is 0 Å². The van der Waals surface area contributed by atoms with Gasteiger partial charge in [-0.05, 0) is 49.9 Å². The van der Waals surface area contributed by atoms with Crippen molar-refractivity contribution >= 4 is 17.3 Å². The predicted molar refractivity (Wildman–Crippen MR) is 124 cm³/mol. The van der Waals surface area contributed by atoms with Crippen LogP contribution in [0.3, 0.4) is 0 Å². The molecule has 2 atom stereocenters. The molecule has 7 heteroatoms. The number of likely N-dealkylation sites (tertiary alicyclic amines) is 1. The molecule has 1 saturated heterocycles. The highest BCUT2D eigenvalue weighted by molar-refractivity contribution is 7.10. The van der Waals surface area contributed by atoms with Crippen LogP contribution in [0.15, 0.2) is 46.8 Å². The summed E-state index contributed by atoms with van der Waals surface area (Å²) in [6.45, 7) is 3.91. The zero-order valence-corrected chi connectivity index (χ0v) is 19.1. The van der Waals surface area contributed by atoms with Gasteiger partial charge in [0.25, 0.3) is 0 Å². The van der Waals surface area contributed by atoms with Gasteiger partial charge in [-0.25, -0.2) is 0 Å². The molecule has 2 heterocycles. The second-order valence-electron chi connectivity index (χ2n) is 7.59. The summed E-state index contributed by atoms with van der Waals surface area (Å²) < 4.78 is 11.2. The van der Waals surface area contributed by atoms with E-state index >= 15 is 0 Å². The lowest BCUT2D eigenvalue weighted by molar-refractivity contribution is 0.122. The van der Waals surface area contributed by atoms with Crippen LogP contribution in [0, 0.1) is 5.92 Å². The summed E-state index contributed by atoms with van der Waals surface area (Å²) in [5, 5.41) is 9.05. The molecular weight excluding hydrogens is 396 g/mol. The molecule has 1 fully saturated rings. The number of guanidine groups is 1. The molecule has 164 valence electrons.